The van der Waals surface area contributed by atoms with Crippen LogP contribution in [0.2, 0.25) is 15.1 Å². The molecular weight excluding hydrogens is 319 g/mol. The van der Waals surface area contributed by atoms with E-state index in [0.717, 1.165) is 11.3 Å². The normalized spacial score (nSPS) is 11.1. The summed E-state index contributed by atoms with van der Waals surface area (Å²) in [6.45, 7) is 1.21. The Hall–Kier alpha value is -1.000. The maximum absolute atomic E-state index is 11.2. The predicted octanol–water partition coefficient (Wildman–Crippen LogP) is 3.97. The number of hydrogen-bond acceptors (Lipinski definition) is 2. The molecular formula is C14H13Cl3N2O. The average Bonchev–Trinajstić information content (AvgIpc) is 2.36. The molecule has 0 saturated heterocycles. The van der Waals surface area contributed by atoms with Crippen molar-refractivity contribution in [3.63, 3.8) is 0 Å². The van der Waals surface area contributed by atoms with Gasteiger partial charge in [-0.1, -0.05) is 40.9 Å². The molecule has 0 aliphatic heterocycles. The van der Waals surface area contributed by atoms with Gasteiger partial charge in [-0.3, -0.25) is 9.69 Å². The highest BCUT2D eigenvalue weighted by Crippen LogP contribution is 2.29. The van der Waals surface area contributed by atoms with Crippen LogP contribution in [-0.2, 0) is 13.1 Å². The lowest BCUT2D eigenvalue weighted by Gasteiger charge is -2.17. The third-order valence-electron chi connectivity index (χ3n) is 2.80. The Morgan fingerprint density at radius 1 is 1.05 bits per heavy atom. The molecule has 2 aromatic rings. The summed E-state index contributed by atoms with van der Waals surface area (Å²) in [6.07, 6.45) is 0. The van der Waals surface area contributed by atoms with Gasteiger partial charge in [-0.15, -0.1) is 0 Å². The molecule has 1 aromatic heterocycles. The zero-order valence-corrected chi connectivity index (χ0v) is 13.1. The molecule has 1 N–H and O–H groups in total. The first-order valence-electron chi connectivity index (χ1n) is 5.96. The molecule has 0 spiro atoms. The zero-order chi connectivity index (χ0) is 14.7. The van der Waals surface area contributed by atoms with Gasteiger partial charge in [0, 0.05) is 29.9 Å². The van der Waals surface area contributed by atoms with Gasteiger partial charge in [0.05, 0.1) is 10.0 Å². The van der Waals surface area contributed by atoms with Crippen LogP contribution in [0.4, 0.5) is 0 Å². The van der Waals surface area contributed by atoms with E-state index in [4.69, 9.17) is 34.8 Å². The van der Waals surface area contributed by atoms with Crippen molar-refractivity contribution in [1.82, 2.24) is 9.88 Å². The third-order valence-corrected chi connectivity index (χ3v) is 3.87. The molecule has 1 aromatic carbocycles. The number of pyridine rings is 1. The van der Waals surface area contributed by atoms with Crippen molar-refractivity contribution in [2.45, 2.75) is 13.1 Å². The van der Waals surface area contributed by atoms with Crippen LogP contribution in [0.3, 0.4) is 0 Å². The van der Waals surface area contributed by atoms with Crippen molar-refractivity contribution >= 4 is 34.8 Å². The van der Waals surface area contributed by atoms with Gasteiger partial charge >= 0.3 is 0 Å². The summed E-state index contributed by atoms with van der Waals surface area (Å²) in [7, 11) is 1.93. The number of rotatable bonds is 4. The van der Waals surface area contributed by atoms with Crippen molar-refractivity contribution in [1.29, 1.82) is 0 Å². The summed E-state index contributed by atoms with van der Waals surface area (Å²) < 4.78 is 0. The molecule has 0 amide bonds. The second-order valence-electron chi connectivity index (χ2n) is 4.57. The zero-order valence-electron chi connectivity index (χ0n) is 10.8. The molecule has 6 heteroatoms. The van der Waals surface area contributed by atoms with E-state index in [2.05, 4.69) is 4.98 Å². The van der Waals surface area contributed by atoms with Crippen molar-refractivity contribution in [3.05, 3.63) is 67.0 Å². The molecule has 106 valence electrons. The van der Waals surface area contributed by atoms with Crippen molar-refractivity contribution in [2.24, 2.45) is 0 Å². The highest BCUT2D eigenvalue weighted by Gasteiger charge is 2.09. The maximum Gasteiger partial charge on any atom is 0.248 e. The van der Waals surface area contributed by atoms with Crippen molar-refractivity contribution in [2.75, 3.05) is 7.05 Å². The van der Waals surface area contributed by atoms with Crippen LogP contribution in [0.1, 0.15) is 11.3 Å². The summed E-state index contributed by atoms with van der Waals surface area (Å²) in [6, 6.07) is 8.48. The molecule has 0 radical (unpaired) electrons. The molecule has 0 fully saturated rings. The minimum Gasteiger partial charge on any atom is -0.325 e. The van der Waals surface area contributed by atoms with Crippen LogP contribution >= 0.6 is 34.8 Å². The predicted molar refractivity (Wildman–Crippen MR) is 83.7 cm³/mol. The van der Waals surface area contributed by atoms with Gasteiger partial charge in [0.2, 0.25) is 5.56 Å². The van der Waals surface area contributed by atoms with Crippen LogP contribution in [0.25, 0.3) is 0 Å². The Bertz CT molecular complexity index is 670. The van der Waals surface area contributed by atoms with Gasteiger partial charge in [-0.05, 0) is 30.8 Å². The molecule has 1 heterocycles. The number of nitrogens with one attached hydrogen (secondary N) is 1. The molecule has 0 atom stereocenters. The maximum atomic E-state index is 11.2. The number of H-pyrrole nitrogens is 1. The van der Waals surface area contributed by atoms with E-state index >= 15 is 0 Å². The SMILES string of the molecule is CN(Cc1cccc(=O)[nH]1)Cc1cc(Cl)c(Cl)cc1Cl. The van der Waals surface area contributed by atoms with E-state index in [0.29, 0.717) is 28.2 Å². The standard InChI is InChI=1S/C14H13Cl3N2O/c1-19(8-10-3-2-4-14(20)18-10)7-9-5-12(16)13(17)6-11(9)15/h2-6H,7-8H2,1H3,(H,18,20). The molecule has 0 bridgehead atoms. The Morgan fingerprint density at radius 3 is 2.45 bits per heavy atom. The van der Waals surface area contributed by atoms with Gasteiger partial charge < -0.3 is 4.98 Å². The number of nitrogens with zero attached hydrogens (tertiary/aromatic N) is 1. The molecule has 0 saturated carbocycles. The lowest BCUT2D eigenvalue weighted by molar-refractivity contribution is 0.315. The number of aromatic amines is 1. The summed E-state index contributed by atoms with van der Waals surface area (Å²) in [4.78, 5) is 16.0. The van der Waals surface area contributed by atoms with E-state index in [9.17, 15) is 4.79 Å². The van der Waals surface area contributed by atoms with Crippen molar-refractivity contribution < 1.29 is 0 Å². The second-order valence-corrected chi connectivity index (χ2v) is 5.79. The fourth-order valence-electron chi connectivity index (χ4n) is 1.91. The molecule has 0 unspecified atom stereocenters. The van der Waals surface area contributed by atoms with Crippen LogP contribution in [0.15, 0.2) is 35.1 Å². The summed E-state index contributed by atoms with van der Waals surface area (Å²) in [5.41, 5.74) is 1.63. The largest absolute Gasteiger partial charge is 0.325 e. The monoisotopic (exact) mass is 330 g/mol. The molecule has 0 aliphatic rings. The Labute approximate surface area is 132 Å². The third kappa shape index (κ3) is 4.00. The first-order valence-corrected chi connectivity index (χ1v) is 7.09. The molecule has 2 rings (SSSR count). The lowest BCUT2D eigenvalue weighted by Crippen LogP contribution is -2.20. The smallest absolute Gasteiger partial charge is 0.248 e. The van der Waals surface area contributed by atoms with Crippen molar-refractivity contribution in [3.8, 4) is 0 Å². The first-order chi connectivity index (χ1) is 9.45. The number of hydrogen-bond donors (Lipinski definition) is 1. The Morgan fingerprint density at radius 2 is 1.75 bits per heavy atom. The fourth-order valence-corrected chi connectivity index (χ4v) is 2.54. The number of aromatic nitrogens is 1. The fraction of sp³-hybridized carbons (Fsp3) is 0.214. The first kappa shape index (κ1) is 15.4. The number of benzene rings is 1. The van der Waals surface area contributed by atoms with Crippen LogP contribution < -0.4 is 5.56 Å². The van der Waals surface area contributed by atoms with Gasteiger partial charge in [-0.25, -0.2) is 0 Å². The minimum absolute atomic E-state index is 0.108. The summed E-state index contributed by atoms with van der Waals surface area (Å²) in [5.74, 6) is 0. The van der Waals surface area contributed by atoms with Crippen LogP contribution in [0, 0.1) is 0 Å². The Kier molecular flexibility index (Phi) is 5.11. The van der Waals surface area contributed by atoms with E-state index in [1.807, 2.05) is 18.0 Å². The van der Waals surface area contributed by atoms with E-state index in [1.165, 1.54) is 6.07 Å². The highest BCUT2D eigenvalue weighted by atomic mass is 35.5. The van der Waals surface area contributed by atoms with Crippen LogP contribution in [0.5, 0.6) is 0 Å². The molecule has 0 aliphatic carbocycles. The second kappa shape index (κ2) is 6.64. The highest BCUT2D eigenvalue weighted by molar-refractivity contribution is 6.43. The van der Waals surface area contributed by atoms with E-state index < -0.39 is 0 Å². The van der Waals surface area contributed by atoms with Gasteiger partial charge in [0.25, 0.3) is 0 Å². The molecule has 20 heavy (non-hydrogen) atoms. The number of halogens is 3. The van der Waals surface area contributed by atoms with Gasteiger partial charge in [0.1, 0.15) is 0 Å². The van der Waals surface area contributed by atoms with Crippen LogP contribution in [-0.4, -0.2) is 16.9 Å². The quantitative estimate of drug-likeness (QED) is 0.861. The van der Waals surface area contributed by atoms with E-state index in [1.54, 1.807) is 18.2 Å². The minimum atomic E-state index is -0.108. The topological polar surface area (TPSA) is 36.1 Å². The summed E-state index contributed by atoms with van der Waals surface area (Å²) >= 11 is 18.0. The lowest BCUT2D eigenvalue weighted by atomic mass is 10.2. The molecule has 3 nitrogen and oxygen atoms in total. The van der Waals surface area contributed by atoms with E-state index in [-0.39, 0.29) is 5.56 Å². The van der Waals surface area contributed by atoms with Gasteiger partial charge in [-0.2, -0.15) is 0 Å². The average molecular weight is 332 g/mol. The summed E-state index contributed by atoms with van der Waals surface area (Å²) in [5, 5.41) is 1.50. The van der Waals surface area contributed by atoms with Gasteiger partial charge in [0.15, 0.2) is 0 Å². The Balaban J connectivity index is 2.10.